The van der Waals surface area contributed by atoms with Crippen LogP contribution in [0.5, 0.6) is 0 Å². The number of hydrogen-bond donors (Lipinski definition) is 2. The summed E-state index contributed by atoms with van der Waals surface area (Å²) in [4.78, 5) is 0. The summed E-state index contributed by atoms with van der Waals surface area (Å²) in [5.41, 5.74) is 2.94. The molecule has 0 aromatic heterocycles. The number of aliphatic hydroxyl groups is 2. The Morgan fingerprint density at radius 3 is 1.58 bits per heavy atom. The Kier molecular flexibility index (Phi) is 8.60. The molecule has 5 atom stereocenters. The van der Waals surface area contributed by atoms with Gasteiger partial charge in [-0.15, -0.1) is 0 Å². The minimum atomic E-state index is -1.30. The first-order valence-electron chi connectivity index (χ1n) is 11.1. The first-order valence-corrected chi connectivity index (χ1v) is 11.1. The van der Waals surface area contributed by atoms with Crippen LogP contribution in [0.4, 0.5) is 0 Å². The lowest BCUT2D eigenvalue weighted by Gasteiger charge is -2.42. The Morgan fingerprint density at radius 1 is 0.606 bits per heavy atom. The molecule has 33 heavy (non-hydrogen) atoms. The standard InChI is InChI=1S/C27H30O6/c28-24-25(31-17-21-12-6-2-7-13-21)23(19-30-16-20-10-4-1-5-11-20)33-27(29)26(24)32-18-22-14-8-3-9-15-22/h1-15,23-29H,16-19H2/t23-,24+,25-,26-,27-/m1/s1. The lowest BCUT2D eigenvalue weighted by Crippen LogP contribution is -2.60. The minimum absolute atomic E-state index is 0.161. The Labute approximate surface area is 194 Å². The van der Waals surface area contributed by atoms with E-state index in [1.54, 1.807) is 0 Å². The molecule has 4 rings (SSSR count). The predicted octanol–water partition coefficient (Wildman–Crippen LogP) is 3.45. The van der Waals surface area contributed by atoms with Crippen molar-refractivity contribution in [3.63, 3.8) is 0 Å². The fraction of sp³-hybridized carbons (Fsp3) is 0.333. The van der Waals surface area contributed by atoms with Gasteiger partial charge in [-0.3, -0.25) is 0 Å². The Hall–Kier alpha value is -2.58. The van der Waals surface area contributed by atoms with Gasteiger partial charge in [0, 0.05) is 0 Å². The molecule has 3 aromatic carbocycles. The van der Waals surface area contributed by atoms with E-state index in [2.05, 4.69) is 0 Å². The third-order valence-electron chi connectivity index (χ3n) is 5.60. The van der Waals surface area contributed by atoms with Crippen molar-refractivity contribution in [2.75, 3.05) is 6.61 Å². The van der Waals surface area contributed by atoms with E-state index in [1.807, 2.05) is 91.0 Å². The van der Waals surface area contributed by atoms with Gasteiger partial charge in [-0.2, -0.15) is 0 Å². The second kappa shape index (κ2) is 12.0. The van der Waals surface area contributed by atoms with Crippen LogP contribution in [0, 0.1) is 0 Å². The second-order valence-corrected chi connectivity index (χ2v) is 8.08. The van der Waals surface area contributed by atoms with E-state index < -0.39 is 30.7 Å². The zero-order chi connectivity index (χ0) is 22.9. The van der Waals surface area contributed by atoms with Crippen LogP contribution < -0.4 is 0 Å². The summed E-state index contributed by atoms with van der Waals surface area (Å²) in [6, 6.07) is 29.1. The Morgan fingerprint density at radius 2 is 1.06 bits per heavy atom. The predicted molar refractivity (Wildman–Crippen MR) is 123 cm³/mol. The fourth-order valence-corrected chi connectivity index (χ4v) is 3.83. The molecule has 6 nitrogen and oxygen atoms in total. The van der Waals surface area contributed by atoms with Gasteiger partial charge in [0.2, 0.25) is 0 Å². The molecular formula is C27H30O6. The number of rotatable bonds is 10. The number of aliphatic hydroxyl groups excluding tert-OH is 2. The van der Waals surface area contributed by atoms with Gasteiger partial charge >= 0.3 is 0 Å². The molecule has 0 saturated carbocycles. The Balaban J connectivity index is 1.41. The summed E-state index contributed by atoms with van der Waals surface area (Å²) in [7, 11) is 0. The van der Waals surface area contributed by atoms with Crippen LogP contribution in [0.15, 0.2) is 91.0 Å². The Bertz CT molecular complexity index is 935. The number of ether oxygens (including phenoxy) is 4. The number of benzene rings is 3. The maximum atomic E-state index is 11.1. The average Bonchev–Trinajstić information content (AvgIpc) is 2.85. The van der Waals surface area contributed by atoms with Gasteiger partial charge in [0.05, 0.1) is 26.4 Å². The molecule has 3 aromatic rings. The molecule has 0 unspecified atom stereocenters. The van der Waals surface area contributed by atoms with Gasteiger partial charge in [-0.1, -0.05) is 91.0 Å². The van der Waals surface area contributed by atoms with E-state index in [9.17, 15) is 10.2 Å². The lowest BCUT2D eigenvalue weighted by atomic mass is 9.98. The number of hydrogen-bond acceptors (Lipinski definition) is 6. The van der Waals surface area contributed by atoms with Crippen molar-refractivity contribution >= 4 is 0 Å². The smallest absolute Gasteiger partial charge is 0.184 e. The van der Waals surface area contributed by atoms with Gasteiger partial charge in [0.25, 0.3) is 0 Å². The van der Waals surface area contributed by atoms with E-state index in [4.69, 9.17) is 18.9 Å². The van der Waals surface area contributed by atoms with Crippen LogP contribution >= 0.6 is 0 Å². The molecule has 6 heteroatoms. The summed E-state index contributed by atoms with van der Waals surface area (Å²) in [5.74, 6) is 0. The zero-order valence-electron chi connectivity index (χ0n) is 18.4. The van der Waals surface area contributed by atoms with Gasteiger partial charge in [-0.25, -0.2) is 0 Å². The molecule has 0 bridgehead atoms. The summed E-state index contributed by atoms with van der Waals surface area (Å²) in [6.45, 7) is 1.09. The second-order valence-electron chi connectivity index (χ2n) is 8.08. The maximum absolute atomic E-state index is 11.1. The topological polar surface area (TPSA) is 77.4 Å². The van der Waals surface area contributed by atoms with E-state index in [0.717, 1.165) is 16.7 Å². The maximum Gasteiger partial charge on any atom is 0.184 e. The third-order valence-corrected chi connectivity index (χ3v) is 5.60. The van der Waals surface area contributed by atoms with E-state index in [1.165, 1.54) is 0 Å². The highest BCUT2D eigenvalue weighted by Gasteiger charge is 2.46. The molecule has 0 spiro atoms. The van der Waals surface area contributed by atoms with Crippen LogP contribution in [0.3, 0.4) is 0 Å². The minimum Gasteiger partial charge on any atom is -0.387 e. The quantitative estimate of drug-likeness (QED) is 0.493. The molecule has 1 aliphatic rings. The molecule has 0 amide bonds. The summed E-state index contributed by atoms with van der Waals surface area (Å²) in [6.07, 6.45) is -4.72. The molecule has 2 N–H and O–H groups in total. The first-order chi connectivity index (χ1) is 16.2. The van der Waals surface area contributed by atoms with Crippen LogP contribution in [-0.2, 0) is 38.8 Å². The van der Waals surface area contributed by atoms with E-state index in [-0.39, 0.29) is 13.2 Å². The van der Waals surface area contributed by atoms with Crippen molar-refractivity contribution in [3.05, 3.63) is 108 Å². The van der Waals surface area contributed by atoms with Crippen molar-refractivity contribution in [1.29, 1.82) is 0 Å². The molecule has 0 aliphatic carbocycles. The third kappa shape index (κ3) is 6.71. The summed E-state index contributed by atoms with van der Waals surface area (Å²) >= 11 is 0. The van der Waals surface area contributed by atoms with Gasteiger partial charge in [0.15, 0.2) is 6.29 Å². The SMILES string of the molecule is O[C@@H]1[C@@H](OCc2ccccc2)[C@H](O)O[C@H](COCc2ccccc2)[C@H]1OCc1ccccc1. The summed E-state index contributed by atoms with van der Waals surface area (Å²) < 4.78 is 23.6. The van der Waals surface area contributed by atoms with Crippen molar-refractivity contribution < 1.29 is 29.2 Å². The normalized spacial score (nSPS) is 25.1. The highest BCUT2D eigenvalue weighted by molar-refractivity contribution is 5.15. The summed E-state index contributed by atoms with van der Waals surface area (Å²) in [5, 5.41) is 21.7. The van der Waals surface area contributed by atoms with Crippen LogP contribution in [0.2, 0.25) is 0 Å². The van der Waals surface area contributed by atoms with Crippen molar-refractivity contribution in [3.8, 4) is 0 Å². The molecule has 1 aliphatic heterocycles. The van der Waals surface area contributed by atoms with Gasteiger partial charge in [0.1, 0.15) is 24.4 Å². The fourth-order valence-electron chi connectivity index (χ4n) is 3.83. The highest BCUT2D eigenvalue weighted by Crippen LogP contribution is 2.27. The van der Waals surface area contributed by atoms with Crippen LogP contribution in [0.1, 0.15) is 16.7 Å². The monoisotopic (exact) mass is 450 g/mol. The molecule has 1 saturated heterocycles. The van der Waals surface area contributed by atoms with Gasteiger partial charge in [-0.05, 0) is 16.7 Å². The van der Waals surface area contributed by atoms with Crippen molar-refractivity contribution in [2.24, 2.45) is 0 Å². The van der Waals surface area contributed by atoms with Crippen LogP contribution in [-0.4, -0.2) is 47.5 Å². The molecule has 174 valence electrons. The highest BCUT2D eigenvalue weighted by atomic mass is 16.7. The van der Waals surface area contributed by atoms with Gasteiger partial charge < -0.3 is 29.2 Å². The average molecular weight is 451 g/mol. The van der Waals surface area contributed by atoms with E-state index >= 15 is 0 Å². The van der Waals surface area contributed by atoms with Crippen molar-refractivity contribution in [2.45, 2.75) is 50.5 Å². The first kappa shape index (κ1) is 23.6. The zero-order valence-corrected chi connectivity index (χ0v) is 18.4. The van der Waals surface area contributed by atoms with Crippen molar-refractivity contribution in [1.82, 2.24) is 0 Å². The molecule has 1 fully saturated rings. The molecular weight excluding hydrogens is 420 g/mol. The molecule has 0 radical (unpaired) electrons. The largest absolute Gasteiger partial charge is 0.387 e. The van der Waals surface area contributed by atoms with Crippen LogP contribution in [0.25, 0.3) is 0 Å². The molecule has 1 heterocycles. The van der Waals surface area contributed by atoms with E-state index in [0.29, 0.717) is 13.2 Å². The lowest BCUT2D eigenvalue weighted by molar-refractivity contribution is -0.308.